The van der Waals surface area contributed by atoms with Crippen molar-refractivity contribution < 1.29 is 42.3 Å². The minimum atomic E-state index is -1.08. The number of carbonyl (C=O) groups excluding carboxylic acids is 1. The van der Waals surface area contributed by atoms with Gasteiger partial charge in [-0.05, 0) is 25.2 Å². The van der Waals surface area contributed by atoms with Crippen molar-refractivity contribution in [2.45, 2.75) is 13.3 Å². The summed E-state index contributed by atoms with van der Waals surface area (Å²) in [6, 6.07) is 0. The van der Waals surface area contributed by atoms with Crippen molar-refractivity contribution in [2.24, 2.45) is 0 Å². The molecule has 0 aromatic rings. The van der Waals surface area contributed by atoms with Gasteiger partial charge in [0.2, 0.25) is 0 Å². The molecule has 0 atom stereocenters. The first kappa shape index (κ1) is 15.0. The van der Waals surface area contributed by atoms with E-state index >= 15 is 0 Å². The smallest absolute Gasteiger partial charge is 0.550 e. The van der Waals surface area contributed by atoms with Crippen molar-refractivity contribution in [1.82, 2.24) is 0 Å². The van der Waals surface area contributed by atoms with Crippen LogP contribution in [0.15, 0.2) is 29.7 Å². The van der Waals surface area contributed by atoms with E-state index < -0.39 is 5.97 Å². The van der Waals surface area contributed by atoms with Crippen LogP contribution in [0.1, 0.15) is 13.3 Å². The van der Waals surface area contributed by atoms with Crippen LogP contribution < -0.4 is 5.11 Å². The molecule has 0 saturated carbocycles. The third-order valence-corrected chi connectivity index (χ3v) is 1.05. The molecule has 0 N–H and O–H groups in total. The Bertz CT molecular complexity index is 233. The van der Waals surface area contributed by atoms with Crippen LogP contribution in [0.2, 0.25) is 0 Å². The van der Waals surface area contributed by atoms with Crippen molar-refractivity contribution in [3.05, 3.63) is 29.7 Å². The van der Waals surface area contributed by atoms with Gasteiger partial charge in [0.05, 0.1) is 7.11 Å². The van der Waals surface area contributed by atoms with E-state index in [2.05, 4.69) is 5.73 Å². The van der Waals surface area contributed by atoms with Crippen molar-refractivity contribution in [3.8, 4) is 0 Å². The number of aliphatic carboxylic acids is 1. The maximum Gasteiger partial charge on any atom is 1.00 e. The molecule has 13 heavy (non-hydrogen) atoms. The Morgan fingerprint density at radius 2 is 2.23 bits per heavy atom. The van der Waals surface area contributed by atoms with E-state index in [4.69, 9.17) is 14.6 Å². The fraction of sp³-hybridized carbons (Fsp3) is 0.333. The molecule has 0 bridgehead atoms. The number of hydrogen-bond acceptors (Lipinski definition) is 3. The van der Waals surface area contributed by atoms with Crippen molar-refractivity contribution >= 4 is 5.97 Å². The molecule has 0 aliphatic heterocycles. The molecule has 0 saturated heterocycles. The standard InChI is InChI=1S/C7H8O.C2H4O2.Hg/c1-8-7-5-3-2-4-6-7;1-2(3)4;/h3-5H,6H2,1H3;1H3,(H,3,4);/q;;+1/p-1. The molecule has 0 amide bonds. The van der Waals surface area contributed by atoms with Crippen LogP contribution in [0.25, 0.3) is 0 Å². The Labute approximate surface area is 98.3 Å². The maximum atomic E-state index is 8.89. The van der Waals surface area contributed by atoms with E-state index in [-0.39, 0.29) is 27.7 Å². The summed E-state index contributed by atoms with van der Waals surface area (Å²) in [5, 5.41) is 8.89. The number of ether oxygens (including phenoxy) is 1. The van der Waals surface area contributed by atoms with Gasteiger partial charge in [-0.25, -0.2) is 0 Å². The molecule has 1 aliphatic rings. The molecule has 4 heteroatoms. The first-order chi connectivity index (χ1) is 5.66. The molecule has 0 unspecified atom stereocenters. The number of hydrogen-bond donors (Lipinski definition) is 0. The van der Waals surface area contributed by atoms with Crippen LogP contribution in [0.5, 0.6) is 0 Å². The van der Waals surface area contributed by atoms with Crippen molar-refractivity contribution in [2.75, 3.05) is 7.11 Å². The molecule has 0 fully saturated rings. The Morgan fingerprint density at radius 3 is 2.46 bits per heavy atom. The van der Waals surface area contributed by atoms with Gasteiger partial charge in [0.25, 0.3) is 0 Å². The normalized spacial score (nSPS) is 11.7. The van der Waals surface area contributed by atoms with Crippen LogP contribution in [0, 0.1) is 0 Å². The predicted molar refractivity (Wildman–Crippen MR) is 43.0 cm³/mol. The van der Waals surface area contributed by atoms with E-state index in [1.165, 1.54) is 0 Å². The topological polar surface area (TPSA) is 49.4 Å². The third-order valence-electron chi connectivity index (χ3n) is 1.05. The quantitative estimate of drug-likeness (QED) is 0.497. The fourth-order valence-corrected chi connectivity index (χ4v) is 0.588. The molecule has 1 rings (SSSR count). The molecule has 0 aromatic heterocycles. The van der Waals surface area contributed by atoms with Crippen LogP contribution in [-0.2, 0) is 37.2 Å². The Kier molecular flexibility index (Phi) is 11.0. The van der Waals surface area contributed by atoms with Gasteiger partial charge < -0.3 is 14.6 Å². The van der Waals surface area contributed by atoms with Crippen LogP contribution in [0.3, 0.4) is 0 Å². The zero-order chi connectivity index (χ0) is 9.40. The molecule has 1 aliphatic carbocycles. The largest absolute Gasteiger partial charge is 1.00 e. The zero-order valence-electron chi connectivity index (χ0n) is 7.87. The third kappa shape index (κ3) is 11.5. The minimum absolute atomic E-state index is 0. The molecular formula is C9H11HgO3. The summed E-state index contributed by atoms with van der Waals surface area (Å²) in [6.45, 7) is 0.972. The average molecular weight is 368 g/mol. The molecule has 67 valence electrons. The van der Waals surface area contributed by atoms with E-state index in [1.807, 2.05) is 18.2 Å². The number of carboxylic acid groups (broad SMARTS) is 1. The maximum absolute atomic E-state index is 8.89. The van der Waals surface area contributed by atoms with Crippen molar-refractivity contribution in [1.29, 1.82) is 0 Å². The fourth-order valence-electron chi connectivity index (χ4n) is 0.588. The summed E-state index contributed by atoms with van der Waals surface area (Å²) in [5.41, 5.74) is 2.94. The first-order valence-corrected chi connectivity index (χ1v) is 3.48. The molecule has 1 radical (unpaired) electrons. The summed E-state index contributed by atoms with van der Waals surface area (Å²) in [7, 11) is 1.68. The van der Waals surface area contributed by atoms with Gasteiger partial charge in [-0.15, -0.1) is 5.73 Å². The summed E-state index contributed by atoms with van der Waals surface area (Å²) < 4.78 is 4.95. The second-order valence-corrected chi connectivity index (χ2v) is 2.07. The van der Waals surface area contributed by atoms with Gasteiger partial charge in [-0.1, -0.05) is 0 Å². The average Bonchev–Trinajstić information content (AvgIpc) is 2.05. The van der Waals surface area contributed by atoms with E-state index in [9.17, 15) is 0 Å². The summed E-state index contributed by atoms with van der Waals surface area (Å²) in [6.07, 6.45) is 6.59. The molecule has 0 spiro atoms. The van der Waals surface area contributed by atoms with Gasteiger partial charge in [-0.3, -0.25) is 0 Å². The van der Waals surface area contributed by atoms with Gasteiger partial charge >= 0.3 is 27.7 Å². The number of allylic oxidation sites excluding steroid dienone is 2. The Hall–Kier alpha value is -0.535. The zero-order valence-corrected chi connectivity index (χ0v) is 13.4. The summed E-state index contributed by atoms with van der Waals surface area (Å²) in [4.78, 5) is 8.89. The number of carbonyl (C=O) groups is 1. The second-order valence-electron chi connectivity index (χ2n) is 2.07. The van der Waals surface area contributed by atoms with Gasteiger partial charge in [0, 0.05) is 12.4 Å². The van der Waals surface area contributed by atoms with E-state index in [0.29, 0.717) is 0 Å². The van der Waals surface area contributed by atoms with Gasteiger partial charge in [0.15, 0.2) is 0 Å². The Morgan fingerprint density at radius 1 is 1.69 bits per heavy atom. The van der Waals surface area contributed by atoms with E-state index in [0.717, 1.165) is 19.1 Å². The molecular weight excluding hydrogens is 357 g/mol. The first-order valence-electron chi connectivity index (χ1n) is 3.48. The van der Waals surface area contributed by atoms with Crippen molar-refractivity contribution in [3.63, 3.8) is 0 Å². The SMILES string of the molecule is CC(=O)[O-].COC1=CC=C=CC1.[Hg+]. The van der Waals surface area contributed by atoms with Crippen LogP contribution in [-0.4, -0.2) is 13.1 Å². The summed E-state index contributed by atoms with van der Waals surface area (Å²) >= 11 is 0. The van der Waals surface area contributed by atoms with Crippen LogP contribution in [0.4, 0.5) is 0 Å². The number of rotatable bonds is 1. The Balaban J connectivity index is 0. The molecule has 0 aromatic carbocycles. The summed E-state index contributed by atoms with van der Waals surface area (Å²) in [5.74, 6) is -0.0799. The minimum Gasteiger partial charge on any atom is -0.550 e. The van der Waals surface area contributed by atoms with Gasteiger partial charge in [0.1, 0.15) is 5.76 Å². The molecule has 0 heterocycles. The second kappa shape index (κ2) is 9.55. The van der Waals surface area contributed by atoms with E-state index in [1.54, 1.807) is 7.11 Å². The number of methoxy groups -OCH3 is 1. The monoisotopic (exact) mass is 369 g/mol. The predicted octanol–water partition coefficient (Wildman–Crippen LogP) is 0.385. The van der Waals surface area contributed by atoms with Gasteiger partial charge in [-0.2, -0.15) is 0 Å². The molecule has 3 nitrogen and oxygen atoms in total. The number of carboxylic acids is 1. The van der Waals surface area contributed by atoms with Crippen LogP contribution >= 0.6 is 0 Å².